The van der Waals surface area contributed by atoms with Gasteiger partial charge in [-0.2, -0.15) is 0 Å². The van der Waals surface area contributed by atoms with Crippen LogP contribution in [-0.2, 0) is 19.4 Å². The lowest BCUT2D eigenvalue weighted by Crippen LogP contribution is -2.25. The summed E-state index contributed by atoms with van der Waals surface area (Å²) in [5.41, 5.74) is 0.681. The van der Waals surface area contributed by atoms with E-state index in [1.165, 1.54) is 32.2 Å². The Bertz CT molecular complexity index is 752. The molecule has 1 aliphatic heterocycles. The van der Waals surface area contributed by atoms with Crippen LogP contribution in [0, 0.1) is 5.92 Å². The third-order valence-electron chi connectivity index (χ3n) is 4.03. The van der Waals surface area contributed by atoms with Gasteiger partial charge in [0.2, 0.25) is 0 Å². The van der Waals surface area contributed by atoms with Gasteiger partial charge in [0.15, 0.2) is 9.84 Å². The first-order valence-electron chi connectivity index (χ1n) is 7.48. The van der Waals surface area contributed by atoms with Gasteiger partial charge in [0, 0.05) is 11.7 Å². The van der Waals surface area contributed by atoms with Crippen LogP contribution in [0.3, 0.4) is 0 Å². The van der Waals surface area contributed by atoms with E-state index < -0.39 is 33.9 Å². The summed E-state index contributed by atoms with van der Waals surface area (Å²) in [5, 5.41) is 14.9. The Morgan fingerprint density at radius 2 is 2.08 bits per heavy atom. The van der Waals surface area contributed by atoms with Gasteiger partial charge < -0.3 is 15.2 Å². The van der Waals surface area contributed by atoms with Crippen molar-refractivity contribution in [3.63, 3.8) is 0 Å². The van der Waals surface area contributed by atoms with Gasteiger partial charge in [0.1, 0.15) is 0 Å². The first-order valence-corrected chi connectivity index (χ1v) is 9.13. The number of carbonyl (C=O) groups is 2. The number of ether oxygens (including phenoxy) is 1. The number of benzene rings is 1. The van der Waals surface area contributed by atoms with Crippen molar-refractivity contribution in [2.75, 3.05) is 24.7 Å². The second-order valence-corrected chi connectivity index (χ2v) is 7.68. The summed E-state index contributed by atoms with van der Waals surface area (Å²) in [4.78, 5) is 22.9. The Morgan fingerprint density at radius 1 is 1.40 bits per heavy atom. The van der Waals surface area contributed by atoms with Gasteiger partial charge in [0.25, 0.3) is 0 Å². The van der Waals surface area contributed by atoms with Crippen molar-refractivity contribution in [1.82, 2.24) is 5.32 Å². The molecule has 0 saturated carbocycles. The Kier molecular flexibility index (Phi) is 7.21. The number of aliphatic carboxylic acids is 1. The zero-order chi connectivity index (χ0) is 17.9. The number of hydrogen-bond donors (Lipinski definition) is 3. The molecule has 1 aromatic carbocycles. The Hall–Kier alpha value is -1.84. The zero-order valence-electron chi connectivity index (χ0n) is 13.8. The van der Waals surface area contributed by atoms with E-state index in [2.05, 4.69) is 15.4 Å². The Morgan fingerprint density at radius 3 is 2.64 bits per heavy atom. The molecule has 0 spiro atoms. The molecule has 0 aliphatic carbocycles. The van der Waals surface area contributed by atoms with Crippen molar-refractivity contribution in [3.8, 4) is 0 Å². The lowest BCUT2D eigenvalue weighted by molar-refractivity contribution is -0.142. The average molecular weight is 393 g/mol. The van der Waals surface area contributed by atoms with Gasteiger partial charge in [-0.1, -0.05) is 6.92 Å². The molecule has 140 valence electrons. The maximum Gasteiger partial charge on any atom is 0.411 e. The van der Waals surface area contributed by atoms with E-state index in [-0.39, 0.29) is 23.1 Å². The van der Waals surface area contributed by atoms with Crippen molar-refractivity contribution in [1.29, 1.82) is 0 Å². The number of anilines is 1. The fraction of sp³-hybridized carbons (Fsp3) is 0.467. The van der Waals surface area contributed by atoms with E-state index in [9.17, 15) is 23.1 Å². The number of carboxylic acids is 1. The molecule has 1 aliphatic rings. The van der Waals surface area contributed by atoms with E-state index in [1.807, 2.05) is 0 Å². The van der Waals surface area contributed by atoms with Crippen molar-refractivity contribution in [2.24, 2.45) is 5.92 Å². The van der Waals surface area contributed by atoms with Crippen molar-refractivity contribution >= 4 is 40.0 Å². The molecule has 0 bridgehead atoms. The summed E-state index contributed by atoms with van der Waals surface area (Å²) in [6.45, 7) is 2.00. The summed E-state index contributed by atoms with van der Waals surface area (Å²) in [6, 6.07) is 3.68. The van der Waals surface area contributed by atoms with Crippen LogP contribution in [0.4, 0.5) is 10.5 Å². The van der Waals surface area contributed by atoms with Crippen LogP contribution in [0.15, 0.2) is 23.1 Å². The summed E-state index contributed by atoms with van der Waals surface area (Å²) >= 11 is 0. The summed E-state index contributed by atoms with van der Waals surface area (Å²) in [6.07, 6.45) is -0.290. The number of sulfone groups is 1. The maximum absolute atomic E-state index is 12.4. The lowest BCUT2D eigenvalue weighted by Gasteiger charge is -2.21. The number of halogens is 1. The van der Waals surface area contributed by atoms with E-state index in [0.29, 0.717) is 24.2 Å². The predicted molar refractivity (Wildman–Crippen MR) is 93.9 cm³/mol. The molecule has 1 fully saturated rings. The van der Waals surface area contributed by atoms with Crippen LogP contribution in [-0.4, -0.2) is 45.0 Å². The molecule has 2 rings (SSSR count). The van der Waals surface area contributed by atoms with E-state index in [0.717, 1.165) is 0 Å². The van der Waals surface area contributed by atoms with Gasteiger partial charge >= 0.3 is 12.1 Å². The van der Waals surface area contributed by atoms with Crippen LogP contribution in [0.2, 0.25) is 0 Å². The quantitative estimate of drug-likeness (QED) is 0.698. The SMILES string of the molecule is CCS(=O)(=O)c1ccc(NC(=O)OC)cc1C1NCCC1C(=O)O.Cl. The molecule has 0 radical (unpaired) electrons. The molecule has 0 aromatic heterocycles. The molecule has 1 heterocycles. The zero-order valence-corrected chi connectivity index (χ0v) is 15.4. The van der Waals surface area contributed by atoms with Gasteiger partial charge in [-0.25, -0.2) is 13.2 Å². The second kappa shape index (κ2) is 8.50. The number of nitrogens with one attached hydrogen (secondary N) is 2. The Balaban J connectivity index is 0.00000312. The van der Waals surface area contributed by atoms with Crippen LogP contribution in [0.25, 0.3) is 0 Å². The Labute approximate surface area is 152 Å². The van der Waals surface area contributed by atoms with Crippen LogP contribution in [0.5, 0.6) is 0 Å². The van der Waals surface area contributed by atoms with Crippen molar-refractivity contribution in [3.05, 3.63) is 23.8 Å². The molecule has 3 N–H and O–H groups in total. The summed E-state index contributed by atoms with van der Waals surface area (Å²) < 4.78 is 29.2. The number of carbonyl (C=O) groups excluding carboxylic acids is 1. The highest BCUT2D eigenvalue weighted by Gasteiger charge is 2.36. The highest BCUT2D eigenvalue weighted by molar-refractivity contribution is 7.91. The van der Waals surface area contributed by atoms with E-state index >= 15 is 0 Å². The first-order chi connectivity index (χ1) is 11.3. The van der Waals surface area contributed by atoms with Crippen molar-refractivity contribution < 1.29 is 27.9 Å². The molecule has 2 unspecified atom stereocenters. The molecule has 1 aromatic rings. The highest BCUT2D eigenvalue weighted by Crippen LogP contribution is 2.35. The molecular formula is C15H21ClN2O6S. The maximum atomic E-state index is 12.4. The molecule has 1 saturated heterocycles. The lowest BCUT2D eigenvalue weighted by atomic mass is 9.94. The predicted octanol–water partition coefficient (Wildman–Crippen LogP) is 1.82. The van der Waals surface area contributed by atoms with Crippen LogP contribution < -0.4 is 10.6 Å². The number of amides is 1. The largest absolute Gasteiger partial charge is 0.481 e. The van der Waals surface area contributed by atoms with Gasteiger partial charge in [-0.05, 0) is 36.7 Å². The minimum Gasteiger partial charge on any atom is -0.481 e. The summed E-state index contributed by atoms with van der Waals surface area (Å²) in [5.74, 6) is -1.82. The normalized spacial score (nSPS) is 19.8. The standard InChI is InChI=1S/C15H20N2O6S.ClH/c1-3-24(21,22)12-5-4-9(17-15(20)23-2)8-11(12)13-10(14(18)19)6-7-16-13;/h4-5,8,10,13,16H,3,6-7H2,1-2H3,(H,17,20)(H,18,19);1H. The van der Waals surface area contributed by atoms with Gasteiger partial charge in [-0.3, -0.25) is 10.1 Å². The summed E-state index contributed by atoms with van der Waals surface area (Å²) in [7, 11) is -2.33. The van der Waals surface area contributed by atoms with Crippen LogP contribution in [0.1, 0.15) is 24.9 Å². The molecule has 1 amide bonds. The number of carboxylic acid groups (broad SMARTS) is 1. The minimum atomic E-state index is -3.54. The second-order valence-electron chi connectivity index (χ2n) is 5.44. The third-order valence-corrected chi connectivity index (χ3v) is 5.83. The third kappa shape index (κ3) is 4.62. The molecular weight excluding hydrogens is 372 g/mol. The van der Waals surface area contributed by atoms with E-state index in [1.54, 1.807) is 0 Å². The molecule has 25 heavy (non-hydrogen) atoms. The van der Waals surface area contributed by atoms with Crippen LogP contribution >= 0.6 is 12.4 Å². The fourth-order valence-corrected chi connectivity index (χ4v) is 3.90. The van der Waals surface area contributed by atoms with Gasteiger partial charge in [0.05, 0.1) is 23.7 Å². The first kappa shape index (κ1) is 21.2. The fourth-order valence-electron chi connectivity index (χ4n) is 2.77. The monoisotopic (exact) mass is 392 g/mol. The average Bonchev–Trinajstić information content (AvgIpc) is 3.04. The number of hydrogen-bond acceptors (Lipinski definition) is 6. The molecule has 2 atom stereocenters. The van der Waals surface area contributed by atoms with Gasteiger partial charge in [-0.15, -0.1) is 12.4 Å². The highest BCUT2D eigenvalue weighted by atomic mass is 35.5. The molecule has 10 heteroatoms. The topological polar surface area (TPSA) is 122 Å². The molecule has 8 nitrogen and oxygen atoms in total. The minimum absolute atomic E-state index is 0. The van der Waals surface area contributed by atoms with Crippen molar-refractivity contribution in [2.45, 2.75) is 24.3 Å². The van der Waals surface area contributed by atoms with E-state index in [4.69, 9.17) is 0 Å². The number of rotatable bonds is 5. The smallest absolute Gasteiger partial charge is 0.411 e. The number of methoxy groups -OCH3 is 1.